The summed E-state index contributed by atoms with van der Waals surface area (Å²) in [5.41, 5.74) is 4.30. The van der Waals surface area contributed by atoms with Crippen LogP contribution in [-0.2, 0) is 20.7 Å². The normalized spacial score (nSPS) is 11.6. The minimum absolute atomic E-state index is 0.126. The number of thioether (sulfide) groups is 1. The smallest absolute Gasteiger partial charge is 0.328 e. The van der Waals surface area contributed by atoms with E-state index in [1.807, 2.05) is 42.5 Å². The van der Waals surface area contributed by atoms with Gasteiger partial charge in [-0.05, 0) is 42.7 Å². The molecule has 0 aliphatic rings. The number of carbonyl (C=O) groups excluding carboxylic acids is 2. The summed E-state index contributed by atoms with van der Waals surface area (Å²) in [7, 11) is 1.31. The van der Waals surface area contributed by atoms with Crippen molar-refractivity contribution < 1.29 is 14.3 Å². The zero-order valence-corrected chi connectivity index (χ0v) is 19.2. The summed E-state index contributed by atoms with van der Waals surface area (Å²) in [6.45, 7) is 4.12. The number of benzene rings is 2. The predicted molar refractivity (Wildman–Crippen MR) is 124 cm³/mol. The topological polar surface area (TPSA) is 93.2 Å². The molecule has 0 aliphatic carbocycles. The number of amides is 1. The number of anilines is 2. The minimum atomic E-state index is -0.739. The maximum atomic E-state index is 12.4. The molecule has 162 valence electrons. The fourth-order valence-corrected chi connectivity index (χ4v) is 4.39. The van der Waals surface area contributed by atoms with Crippen molar-refractivity contribution in [2.24, 2.45) is 0 Å². The molecule has 31 heavy (non-hydrogen) atoms. The molecule has 0 bridgehead atoms. The molecule has 0 fully saturated rings. The van der Waals surface area contributed by atoms with Crippen molar-refractivity contribution in [3.8, 4) is 0 Å². The van der Waals surface area contributed by atoms with Gasteiger partial charge in [0.25, 0.3) is 0 Å². The molecule has 9 heteroatoms. The van der Waals surface area contributed by atoms with Crippen LogP contribution in [0.15, 0.2) is 52.9 Å². The first-order valence-electron chi connectivity index (χ1n) is 9.66. The van der Waals surface area contributed by atoms with E-state index in [0.29, 0.717) is 15.9 Å². The third-order valence-electron chi connectivity index (χ3n) is 4.59. The van der Waals surface area contributed by atoms with Crippen molar-refractivity contribution in [1.29, 1.82) is 0 Å². The summed E-state index contributed by atoms with van der Waals surface area (Å²) in [4.78, 5) is 24.5. The summed E-state index contributed by atoms with van der Waals surface area (Å²) >= 11 is 2.64. The summed E-state index contributed by atoms with van der Waals surface area (Å²) in [5.74, 6) is -0.617. The Morgan fingerprint density at radius 3 is 2.58 bits per heavy atom. The van der Waals surface area contributed by atoms with Crippen molar-refractivity contribution in [1.82, 2.24) is 15.5 Å². The SMILES string of the molecule is COC(=O)[C@@H](Cc1ccccc1)NC(=O)CSc1nnc(Nc2ccc(C)c(C)c2)s1. The van der Waals surface area contributed by atoms with Gasteiger partial charge in [-0.2, -0.15) is 0 Å². The van der Waals surface area contributed by atoms with Crippen LogP contribution in [0.2, 0.25) is 0 Å². The van der Waals surface area contributed by atoms with Gasteiger partial charge in [-0.1, -0.05) is 59.5 Å². The number of carbonyl (C=O) groups is 2. The highest BCUT2D eigenvalue weighted by Gasteiger charge is 2.22. The van der Waals surface area contributed by atoms with Gasteiger partial charge < -0.3 is 15.4 Å². The van der Waals surface area contributed by atoms with E-state index in [-0.39, 0.29) is 11.7 Å². The molecule has 1 aromatic heterocycles. The number of aryl methyl sites for hydroxylation is 2. The molecule has 2 aromatic carbocycles. The van der Waals surface area contributed by atoms with Crippen LogP contribution in [0.1, 0.15) is 16.7 Å². The number of nitrogens with zero attached hydrogens (tertiary/aromatic N) is 2. The third kappa shape index (κ3) is 6.80. The van der Waals surface area contributed by atoms with E-state index >= 15 is 0 Å². The van der Waals surface area contributed by atoms with Gasteiger partial charge in [-0.3, -0.25) is 4.79 Å². The summed E-state index contributed by atoms with van der Waals surface area (Å²) < 4.78 is 5.50. The molecular weight excluding hydrogens is 432 g/mol. The first kappa shape index (κ1) is 22.8. The number of methoxy groups -OCH3 is 1. The third-order valence-corrected chi connectivity index (χ3v) is 6.57. The number of esters is 1. The number of ether oxygens (including phenoxy) is 1. The molecule has 2 N–H and O–H groups in total. The Kier molecular flexibility index (Phi) is 8.02. The summed E-state index contributed by atoms with van der Waals surface area (Å²) in [5, 5.41) is 14.9. The van der Waals surface area contributed by atoms with Crippen molar-refractivity contribution >= 4 is 45.8 Å². The molecule has 0 aliphatic heterocycles. The van der Waals surface area contributed by atoms with E-state index in [4.69, 9.17) is 4.74 Å². The van der Waals surface area contributed by atoms with E-state index in [9.17, 15) is 9.59 Å². The van der Waals surface area contributed by atoms with Gasteiger partial charge in [0.2, 0.25) is 11.0 Å². The lowest BCUT2D eigenvalue weighted by atomic mass is 10.1. The van der Waals surface area contributed by atoms with E-state index in [1.54, 1.807) is 0 Å². The van der Waals surface area contributed by atoms with Gasteiger partial charge in [0.05, 0.1) is 12.9 Å². The van der Waals surface area contributed by atoms with E-state index in [2.05, 4.69) is 40.7 Å². The Labute approximate surface area is 189 Å². The number of nitrogens with one attached hydrogen (secondary N) is 2. The maximum absolute atomic E-state index is 12.4. The second-order valence-corrected chi connectivity index (χ2v) is 9.12. The fourth-order valence-electron chi connectivity index (χ4n) is 2.81. The van der Waals surface area contributed by atoms with Crippen molar-refractivity contribution in [3.05, 3.63) is 65.2 Å². The van der Waals surface area contributed by atoms with Crippen LogP contribution in [-0.4, -0.2) is 41.0 Å². The molecule has 3 rings (SSSR count). The van der Waals surface area contributed by atoms with E-state index in [1.165, 1.54) is 41.3 Å². The van der Waals surface area contributed by atoms with Crippen LogP contribution in [0.25, 0.3) is 0 Å². The molecule has 3 aromatic rings. The molecule has 0 saturated carbocycles. The molecule has 0 radical (unpaired) electrons. The standard InChI is InChI=1S/C22H24N4O3S2/c1-14-9-10-17(11-15(14)2)23-21-25-26-22(31-21)30-13-19(27)24-18(20(28)29-3)12-16-7-5-4-6-8-16/h4-11,18H,12-13H2,1-3H3,(H,23,25)(H,24,27)/t18-/m1/s1. The fraction of sp³-hybridized carbons (Fsp3) is 0.273. The molecule has 0 spiro atoms. The van der Waals surface area contributed by atoms with Crippen molar-refractivity contribution in [2.45, 2.75) is 30.6 Å². The molecule has 0 saturated heterocycles. The van der Waals surface area contributed by atoms with Crippen LogP contribution in [0.5, 0.6) is 0 Å². The average molecular weight is 457 g/mol. The quantitative estimate of drug-likeness (QED) is 0.373. The molecule has 1 amide bonds. The first-order chi connectivity index (χ1) is 14.9. The van der Waals surface area contributed by atoms with Gasteiger partial charge in [0.1, 0.15) is 6.04 Å². The van der Waals surface area contributed by atoms with Gasteiger partial charge in [-0.15, -0.1) is 10.2 Å². The first-order valence-corrected chi connectivity index (χ1v) is 11.5. The number of aromatic nitrogens is 2. The number of hydrogen-bond donors (Lipinski definition) is 2. The van der Waals surface area contributed by atoms with Gasteiger partial charge in [-0.25, -0.2) is 4.79 Å². The number of hydrogen-bond acceptors (Lipinski definition) is 8. The molecular formula is C22H24N4O3S2. The second-order valence-electron chi connectivity index (χ2n) is 6.92. The monoisotopic (exact) mass is 456 g/mol. The van der Waals surface area contributed by atoms with E-state index < -0.39 is 12.0 Å². The Morgan fingerprint density at radius 1 is 1.10 bits per heavy atom. The van der Waals surface area contributed by atoms with Crippen LogP contribution in [0.3, 0.4) is 0 Å². The highest BCUT2D eigenvalue weighted by molar-refractivity contribution is 8.01. The number of rotatable bonds is 9. The second kappa shape index (κ2) is 10.9. The molecule has 1 atom stereocenters. The Morgan fingerprint density at radius 2 is 1.87 bits per heavy atom. The molecule has 7 nitrogen and oxygen atoms in total. The maximum Gasteiger partial charge on any atom is 0.328 e. The summed E-state index contributed by atoms with van der Waals surface area (Å²) in [6, 6.07) is 14.8. The minimum Gasteiger partial charge on any atom is -0.467 e. The molecule has 1 heterocycles. The lowest BCUT2D eigenvalue weighted by Gasteiger charge is -2.16. The zero-order chi connectivity index (χ0) is 22.2. The highest BCUT2D eigenvalue weighted by atomic mass is 32.2. The predicted octanol–water partition coefficient (Wildman–Crippen LogP) is 3.89. The van der Waals surface area contributed by atoms with E-state index in [0.717, 1.165) is 11.3 Å². The Balaban J connectivity index is 1.53. The zero-order valence-electron chi connectivity index (χ0n) is 17.5. The summed E-state index contributed by atoms with van der Waals surface area (Å²) in [6.07, 6.45) is 0.368. The van der Waals surface area contributed by atoms with Crippen molar-refractivity contribution in [2.75, 3.05) is 18.2 Å². The van der Waals surface area contributed by atoms with Crippen molar-refractivity contribution in [3.63, 3.8) is 0 Å². The van der Waals surface area contributed by atoms with Gasteiger partial charge in [0, 0.05) is 12.1 Å². The van der Waals surface area contributed by atoms with Crippen LogP contribution < -0.4 is 10.6 Å². The lowest BCUT2D eigenvalue weighted by molar-refractivity contribution is -0.144. The van der Waals surface area contributed by atoms with Crippen LogP contribution in [0.4, 0.5) is 10.8 Å². The molecule has 0 unspecified atom stereocenters. The Hall–Kier alpha value is -2.91. The highest BCUT2D eigenvalue weighted by Crippen LogP contribution is 2.28. The largest absolute Gasteiger partial charge is 0.467 e. The van der Waals surface area contributed by atoms with Crippen LogP contribution in [0, 0.1) is 13.8 Å². The lowest BCUT2D eigenvalue weighted by Crippen LogP contribution is -2.43. The average Bonchev–Trinajstić information content (AvgIpc) is 3.22. The Bertz CT molecular complexity index is 1040. The van der Waals surface area contributed by atoms with Crippen LogP contribution >= 0.6 is 23.1 Å². The van der Waals surface area contributed by atoms with Gasteiger partial charge >= 0.3 is 5.97 Å². The van der Waals surface area contributed by atoms with Gasteiger partial charge in [0.15, 0.2) is 4.34 Å².